The Kier molecular flexibility index (Phi) is 5.10. The topological polar surface area (TPSA) is 77.8 Å². The number of nitrogens with one attached hydrogen (secondary N) is 1. The number of rotatable bonds is 5. The number of anilines is 2. The van der Waals surface area contributed by atoms with Crippen LogP contribution in [0.2, 0.25) is 0 Å². The van der Waals surface area contributed by atoms with Crippen molar-refractivity contribution in [1.29, 1.82) is 0 Å². The minimum absolute atomic E-state index is 0.258. The number of hydrogen-bond donors (Lipinski definition) is 2. The number of hydrazone groups is 1. The molecule has 3 rings (SSSR count). The number of hydrogen-bond acceptors (Lipinski definition) is 6. The average Bonchev–Trinajstić information content (AvgIpc) is 2.97. The molecule has 0 saturated carbocycles. The largest absolute Gasteiger partial charge is 0.478 e. The Balaban J connectivity index is 1.63. The number of carboxylic acid groups (broad SMARTS) is 1. The molecular weight excluding hydrogens is 324 g/mol. The second kappa shape index (κ2) is 7.44. The molecule has 1 aromatic heterocycles. The molecule has 0 atom stereocenters. The first-order valence-corrected chi connectivity index (χ1v) is 8.80. The maximum atomic E-state index is 10.8. The zero-order chi connectivity index (χ0) is 16.9. The second-order valence-electron chi connectivity index (χ2n) is 5.75. The van der Waals surface area contributed by atoms with Crippen molar-refractivity contribution in [2.24, 2.45) is 5.10 Å². The van der Waals surface area contributed by atoms with Crippen LogP contribution in [0.25, 0.3) is 0 Å². The van der Waals surface area contributed by atoms with Crippen molar-refractivity contribution in [3.63, 3.8) is 0 Å². The van der Waals surface area contributed by atoms with Crippen molar-refractivity contribution in [1.82, 2.24) is 4.98 Å². The summed E-state index contributed by atoms with van der Waals surface area (Å²) in [6.45, 7) is 4.16. The van der Waals surface area contributed by atoms with E-state index in [9.17, 15) is 4.79 Å². The number of nitrogens with zero attached hydrogens (tertiary/aromatic N) is 3. The number of thiazole rings is 1. The summed E-state index contributed by atoms with van der Waals surface area (Å²) in [6.07, 6.45) is 5.54. The molecule has 2 N–H and O–H groups in total. The van der Waals surface area contributed by atoms with E-state index in [1.807, 2.05) is 6.92 Å². The van der Waals surface area contributed by atoms with Crippen molar-refractivity contribution in [3.8, 4) is 0 Å². The highest BCUT2D eigenvalue weighted by atomic mass is 32.1. The number of carbonyl (C=O) groups is 1. The molecule has 24 heavy (non-hydrogen) atoms. The van der Waals surface area contributed by atoms with E-state index in [4.69, 9.17) is 5.11 Å². The predicted octanol–water partition coefficient (Wildman–Crippen LogP) is 3.59. The highest BCUT2D eigenvalue weighted by Crippen LogP contribution is 2.27. The fraction of sp³-hybridized carbons (Fsp3) is 0.353. The highest BCUT2D eigenvalue weighted by Gasteiger charge is 2.15. The molecule has 0 spiro atoms. The molecule has 0 radical (unpaired) electrons. The van der Waals surface area contributed by atoms with Gasteiger partial charge in [-0.1, -0.05) is 11.3 Å². The van der Waals surface area contributed by atoms with E-state index in [2.05, 4.69) is 20.4 Å². The van der Waals surface area contributed by atoms with Crippen LogP contribution in [-0.2, 0) is 0 Å². The molecule has 6 nitrogen and oxygen atoms in total. The average molecular weight is 344 g/mol. The molecule has 0 amide bonds. The van der Waals surface area contributed by atoms with Crippen LogP contribution in [0.1, 0.15) is 40.2 Å². The lowest BCUT2D eigenvalue weighted by Crippen LogP contribution is -2.29. The van der Waals surface area contributed by atoms with Gasteiger partial charge in [-0.15, -0.1) is 0 Å². The van der Waals surface area contributed by atoms with E-state index in [-0.39, 0.29) is 5.56 Å². The van der Waals surface area contributed by atoms with E-state index in [1.54, 1.807) is 41.8 Å². The van der Waals surface area contributed by atoms with Crippen LogP contribution in [0.15, 0.2) is 29.4 Å². The third-order valence-electron chi connectivity index (χ3n) is 3.96. The summed E-state index contributed by atoms with van der Waals surface area (Å²) in [5, 5.41) is 14.2. The van der Waals surface area contributed by atoms with Gasteiger partial charge in [-0.2, -0.15) is 5.10 Å². The molecule has 1 fully saturated rings. The number of aromatic nitrogens is 1. The fourth-order valence-electron chi connectivity index (χ4n) is 2.59. The molecule has 2 heterocycles. The van der Waals surface area contributed by atoms with Crippen molar-refractivity contribution in [2.75, 3.05) is 23.4 Å². The Morgan fingerprint density at radius 3 is 2.67 bits per heavy atom. The minimum atomic E-state index is -0.935. The van der Waals surface area contributed by atoms with Crippen LogP contribution in [0.4, 0.5) is 10.8 Å². The van der Waals surface area contributed by atoms with Gasteiger partial charge in [-0.3, -0.25) is 5.43 Å². The maximum Gasteiger partial charge on any atom is 0.335 e. The third-order valence-corrected chi connectivity index (χ3v) is 5.11. The molecule has 126 valence electrons. The lowest BCUT2D eigenvalue weighted by Gasteiger charge is -2.25. The van der Waals surface area contributed by atoms with Crippen molar-refractivity contribution < 1.29 is 9.90 Å². The number of aryl methyl sites for hydroxylation is 1. The monoisotopic (exact) mass is 344 g/mol. The molecule has 2 aromatic rings. The number of benzene rings is 1. The summed E-state index contributed by atoms with van der Waals surface area (Å²) in [7, 11) is 0. The lowest BCUT2D eigenvalue weighted by atomic mass is 10.1. The summed E-state index contributed by atoms with van der Waals surface area (Å²) in [4.78, 5) is 18.8. The van der Waals surface area contributed by atoms with Crippen LogP contribution < -0.4 is 10.3 Å². The fourth-order valence-corrected chi connectivity index (χ4v) is 3.58. The minimum Gasteiger partial charge on any atom is -0.478 e. The van der Waals surface area contributed by atoms with Gasteiger partial charge in [0.1, 0.15) is 0 Å². The van der Waals surface area contributed by atoms with Crippen LogP contribution in [0.5, 0.6) is 0 Å². The molecular formula is C17H20N4O2S. The van der Waals surface area contributed by atoms with Crippen LogP contribution in [-0.4, -0.2) is 35.4 Å². The molecule has 0 bridgehead atoms. The zero-order valence-corrected chi connectivity index (χ0v) is 14.3. The van der Waals surface area contributed by atoms with E-state index in [1.165, 1.54) is 19.3 Å². The summed E-state index contributed by atoms with van der Waals surface area (Å²) in [5.41, 5.74) is 4.90. The SMILES string of the molecule is Cc1nc(N2CCCCC2)sc1/C=N\Nc1ccc(C(=O)O)cc1. The molecule has 0 aliphatic carbocycles. The first-order valence-electron chi connectivity index (χ1n) is 7.98. The Morgan fingerprint density at radius 1 is 1.29 bits per heavy atom. The standard InChI is InChI=1S/C17H20N4O2S/c1-12-15(24-17(19-12)21-9-3-2-4-10-21)11-18-20-14-7-5-13(6-8-14)16(22)23/h5-8,11,20H,2-4,9-10H2,1H3,(H,22,23)/b18-11-. The Morgan fingerprint density at radius 2 is 2.00 bits per heavy atom. The summed E-state index contributed by atoms with van der Waals surface area (Å²) in [5.74, 6) is -0.935. The van der Waals surface area contributed by atoms with Gasteiger partial charge in [0.15, 0.2) is 5.13 Å². The van der Waals surface area contributed by atoms with Crippen molar-refractivity contribution in [2.45, 2.75) is 26.2 Å². The van der Waals surface area contributed by atoms with Gasteiger partial charge in [0, 0.05) is 13.1 Å². The number of carboxylic acids is 1. The summed E-state index contributed by atoms with van der Waals surface area (Å²) < 4.78 is 0. The van der Waals surface area contributed by atoms with Gasteiger partial charge in [-0.05, 0) is 50.5 Å². The third kappa shape index (κ3) is 3.91. The first kappa shape index (κ1) is 16.4. The molecule has 1 aliphatic rings. The van der Waals surface area contributed by atoms with Gasteiger partial charge in [0.25, 0.3) is 0 Å². The van der Waals surface area contributed by atoms with E-state index in [0.717, 1.165) is 34.5 Å². The lowest BCUT2D eigenvalue weighted by molar-refractivity contribution is 0.0697. The van der Waals surface area contributed by atoms with Gasteiger partial charge in [-0.25, -0.2) is 9.78 Å². The van der Waals surface area contributed by atoms with Gasteiger partial charge in [0.05, 0.1) is 28.0 Å². The van der Waals surface area contributed by atoms with E-state index >= 15 is 0 Å². The normalized spacial score (nSPS) is 15.0. The van der Waals surface area contributed by atoms with Crippen LogP contribution >= 0.6 is 11.3 Å². The predicted molar refractivity (Wildman–Crippen MR) is 97.5 cm³/mol. The van der Waals surface area contributed by atoms with Gasteiger partial charge in [0.2, 0.25) is 0 Å². The second-order valence-corrected chi connectivity index (χ2v) is 6.76. The highest BCUT2D eigenvalue weighted by molar-refractivity contribution is 7.17. The van der Waals surface area contributed by atoms with Crippen molar-refractivity contribution >= 4 is 34.3 Å². The number of piperidine rings is 1. The number of aromatic carboxylic acids is 1. The maximum absolute atomic E-state index is 10.8. The Bertz CT molecular complexity index is 734. The molecule has 1 aliphatic heterocycles. The van der Waals surface area contributed by atoms with Gasteiger partial charge >= 0.3 is 5.97 Å². The first-order chi connectivity index (χ1) is 11.6. The summed E-state index contributed by atoms with van der Waals surface area (Å²) in [6, 6.07) is 6.48. The Labute approximate surface area is 144 Å². The van der Waals surface area contributed by atoms with E-state index in [0.29, 0.717) is 0 Å². The summed E-state index contributed by atoms with van der Waals surface area (Å²) >= 11 is 1.66. The van der Waals surface area contributed by atoms with Gasteiger partial charge < -0.3 is 10.0 Å². The zero-order valence-electron chi connectivity index (χ0n) is 13.5. The van der Waals surface area contributed by atoms with Crippen molar-refractivity contribution in [3.05, 3.63) is 40.4 Å². The molecule has 7 heteroatoms. The molecule has 1 saturated heterocycles. The Hall–Kier alpha value is -2.41. The van der Waals surface area contributed by atoms with Crippen LogP contribution in [0.3, 0.4) is 0 Å². The molecule has 1 aromatic carbocycles. The smallest absolute Gasteiger partial charge is 0.335 e. The van der Waals surface area contributed by atoms with E-state index < -0.39 is 5.97 Å². The van der Waals surface area contributed by atoms with Crippen LogP contribution in [0, 0.1) is 6.92 Å². The molecule has 0 unspecified atom stereocenters. The quantitative estimate of drug-likeness (QED) is 0.640.